The van der Waals surface area contributed by atoms with Crippen LogP contribution in [0.15, 0.2) is 21.6 Å². The van der Waals surface area contributed by atoms with Crippen molar-refractivity contribution in [2.45, 2.75) is 33.1 Å². The lowest BCUT2D eigenvalue weighted by Gasteiger charge is -2.25. The zero-order valence-corrected chi connectivity index (χ0v) is 12.1. The monoisotopic (exact) mass is 293 g/mol. The molecular formula is C14H16BrNO. The SMILES string of the molecule is CC1C=Nc2c(cc(Br)cc2C(C)(C)C)C1=O. The number of benzene rings is 1. The van der Waals surface area contributed by atoms with Crippen molar-refractivity contribution in [1.29, 1.82) is 0 Å². The maximum absolute atomic E-state index is 12.1. The van der Waals surface area contributed by atoms with E-state index in [9.17, 15) is 4.79 Å². The molecule has 2 nitrogen and oxygen atoms in total. The second-order valence-electron chi connectivity index (χ2n) is 5.53. The van der Waals surface area contributed by atoms with Crippen molar-refractivity contribution >= 4 is 33.6 Å². The van der Waals surface area contributed by atoms with Crippen LogP contribution in [0.2, 0.25) is 0 Å². The van der Waals surface area contributed by atoms with Gasteiger partial charge in [-0.25, -0.2) is 0 Å². The van der Waals surface area contributed by atoms with Crippen molar-refractivity contribution in [1.82, 2.24) is 0 Å². The molecule has 0 N–H and O–H groups in total. The number of hydrogen-bond donors (Lipinski definition) is 0. The number of halogens is 1. The highest BCUT2D eigenvalue weighted by molar-refractivity contribution is 9.10. The Hall–Kier alpha value is -0.960. The van der Waals surface area contributed by atoms with Crippen LogP contribution in [0.4, 0.5) is 5.69 Å². The van der Waals surface area contributed by atoms with Crippen LogP contribution in [0.3, 0.4) is 0 Å². The summed E-state index contributed by atoms with van der Waals surface area (Å²) in [7, 11) is 0. The number of carbonyl (C=O) groups excluding carboxylic acids is 1. The summed E-state index contributed by atoms with van der Waals surface area (Å²) in [5, 5.41) is 0. The average molecular weight is 294 g/mol. The van der Waals surface area contributed by atoms with Gasteiger partial charge >= 0.3 is 0 Å². The first-order valence-electron chi connectivity index (χ1n) is 5.73. The van der Waals surface area contributed by atoms with E-state index in [1.165, 1.54) is 0 Å². The Labute approximate surface area is 110 Å². The lowest BCUT2D eigenvalue weighted by Crippen LogP contribution is -2.20. The second-order valence-corrected chi connectivity index (χ2v) is 6.45. The lowest BCUT2D eigenvalue weighted by atomic mass is 9.82. The minimum absolute atomic E-state index is 0.0218. The molecule has 90 valence electrons. The van der Waals surface area contributed by atoms with Crippen LogP contribution in [0.5, 0.6) is 0 Å². The molecule has 1 aromatic rings. The molecule has 1 aromatic carbocycles. The van der Waals surface area contributed by atoms with Gasteiger partial charge in [-0.15, -0.1) is 0 Å². The van der Waals surface area contributed by atoms with Gasteiger partial charge in [-0.1, -0.05) is 43.6 Å². The molecular weight excluding hydrogens is 278 g/mol. The first-order chi connectivity index (χ1) is 7.80. The van der Waals surface area contributed by atoms with E-state index in [0.29, 0.717) is 0 Å². The molecule has 0 aromatic heterocycles. The maximum atomic E-state index is 12.1. The fourth-order valence-corrected chi connectivity index (χ4v) is 2.46. The third-order valence-electron chi connectivity index (χ3n) is 2.99. The van der Waals surface area contributed by atoms with Crippen LogP contribution in [0.1, 0.15) is 43.6 Å². The van der Waals surface area contributed by atoms with Gasteiger partial charge in [0, 0.05) is 16.3 Å². The number of aliphatic imine (C=N–C) groups is 1. The van der Waals surface area contributed by atoms with Crippen molar-refractivity contribution < 1.29 is 4.79 Å². The summed E-state index contributed by atoms with van der Waals surface area (Å²) >= 11 is 3.48. The van der Waals surface area contributed by atoms with Crippen LogP contribution in [-0.2, 0) is 5.41 Å². The molecule has 2 rings (SSSR count). The van der Waals surface area contributed by atoms with Crippen LogP contribution in [-0.4, -0.2) is 12.0 Å². The average Bonchev–Trinajstić information content (AvgIpc) is 2.22. The third-order valence-corrected chi connectivity index (χ3v) is 3.45. The van der Waals surface area contributed by atoms with Gasteiger partial charge in [-0.2, -0.15) is 0 Å². The van der Waals surface area contributed by atoms with Gasteiger partial charge < -0.3 is 0 Å². The predicted molar refractivity (Wildman–Crippen MR) is 74.5 cm³/mol. The van der Waals surface area contributed by atoms with Gasteiger partial charge in [0.2, 0.25) is 0 Å². The summed E-state index contributed by atoms with van der Waals surface area (Å²) in [5.74, 6) is 0.0337. The van der Waals surface area contributed by atoms with Crippen LogP contribution < -0.4 is 0 Å². The molecule has 0 fully saturated rings. The van der Waals surface area contributed by atoms with Crippen molar-refractivity contribution in [3.05, 3.63) is 27.7 Å². The van der Waals surface area contributed by atoms with Gasteiger partial charge in [0.1, 0.15) is 0 Å². The Bertz CT molecular complexity index is 512. The number of carbonyl (C=O) groups is 1. The van der Waals surface area contributed by atoms with E-state index < -0.39 is 0 Å². The summed E-state index contributed by atoms with van der Waals surface area (Å²) in [6.07, 6.45) is 1.74. The fraction of sp³-hybridized carbons (Fsp3) is 0.429. The Morgan fingerprint density at radius 2 is 1.94 bits per heavy atom. The number of nitrogens with zero attached hydrogens (tertiary/aromatic N) is 1. The first kappa shape index (κ1) is 12.5. The maximum Gasteiger partial charge on any atom is 0.173 e. The number of ketones is 1. The first-order valence-corrected chi connectivity index (χ1v) is 6.52. The molecule has 3 heteroatoms. The molecule has 1 atom stereocenters. The Balaban J connectivity index is 2.72. The van der Waals surface area contributed by atoms with E-state index in [0.717, 1.165) is 21.3 Å². The fourth-order valence-electron chi connectivity index (χ4n) is 2.00. The van der Waals surface area contributed by atoms with Gasteiger partial charge in [0.15, 0.2) is 5.78 Å². The number of hydrogen-bond acceptors (Lipinski definition) is 2. The summed E-state index contributed by atoms with van der Waals surface area (Å²) in [6.45, 7) is 8.28. The van der Waals surface area contributed by atoms with Gasteiger partial charge in [0.25, 0.3) is 0 Å². The summed E-state index contributed by atoms with van der Waals surface area (Å²) in [6, 6.07) is 3.93. The summed E-state index contributed by atoms with van der Waals surface area (Å²) in [5.41, 5.74) is 2.66. The quantitative estimate of drug-likeness (QED) is 0.702. The molecule has 1 aliphatic rings. The predicted octanol–water partition coefficient (Wildman–Crippen LogP) is 4.28. The molecule has 1 unspecified atom stereocenters. The topological polar surface area (TPSA) is 29.4 Å². The van der Waals surface area contributed by atoms with Gasteiger partial charge in [-0.05, 0) is 23.1 Å². The van der Waals surface area contributed by atoms with E-state index in [2.05, 4.69) is 47.8 Å². The van der Waals surface area contributed by atoms with E-state index >= 15 is 0 Å². The molecule has 1 heterocycles. The Morgan fingerprint density at radius 3 is 2.53 bits per heavy atom. The number of fused-ring (bicyclic) bond motifs is 1. The molecule has 0 bridgehead atoms. The highest BCUT2D eigenvalue weighted by Gasteiger charge is 2.27. The van der Waals surface area contributed by atoms with Crippen molar-refractivity contribution in [3.8, 4) is 0 Å². The number of Topliss-reactive ketones (excluding diaryl/α,β-unsaturated/α-hetero) is 1. The molecule has 17 heavy (non-hydrogen) atoms. The minimum atomic E-state index is -0.121. The van der Waals surface area contributed by atoms with E-state index in [4.69, 9.17) is 0 Å². The van der Waals surface area contributed by atoms with E-state index in [-0.39, 0.29) is 17.1 Å². The lowest BCUT2D eigenvalue weighted by molar-refractivity contribution is 0.0962. The standard InChI is InChI=1S/C14H16BrNO/c1-8-7-16-12-10(13(8)17)5-9(15)6-11(12)14(2,3)4/h5-8H,1-4H3. The van der Waals surface area contributed by atoms with Crippen LogP contribution in [0.25, 0.3) is 0 Å². The molecule has 0 spiro atoms. The Morgan fingerprint density at radius 1 is 1.29 bits per heavy atom. The third kappa shape index (κ3) is 2.21. The highest BCUT2D eigenvalue weighted by Crippen LogP contribution is 2.39. The van der Waals surface area contributed by atoms with Crippen molar-refractivity contribution in [2.24, 2.45) is 10.9 Å². The largest absolute Gasteiger partial charge is 0.293 e. The van der Waals surface area contributed by atoms with E-state index in [1.807, 2.05) is 13.0 Å². The van der Waals surface area contributed by atoms with Crippen molar-refractivity contribution in [3.63, 3.8) is 0 Å². The normalized spacial score (nSPS) is 19.4. The number of rotatable bonds is 0. The molecule has 0 saturated heterocycles. The van der Waals surface area contributed by atoms with Crippen LogP contribution in [0, 0.1) is 5.92 Å². The van der Waals surface area contributed by atoms with Gasteiger partial charge in [-0.3, -0.25) is 9.79 Å². The molecule has 0 aliphatic carbocycles. The minimum Gasteiger partial charge on any atom is -0.293 e. The van der Waals surface area contributed by atoms with Crippen molar-refractivity contribution in [2.75, 3.05) is 0 Å². The van der Waals surface area contributed by atoms with Crippen LogP contribution >= 0.6 is 15.9 Å². The summed E-state index contributed by atoms with van der Waals surface area (Å²) in [4.78, 5) is 16.6. The van der Waals surface area contributed by atoms with E-state index in [1.54, 1.807) is 6.21 Å². The highest BCUT2D eigenvalue weighted by atomic mass is 79.9. The zero-order valence-electron chi connectivity index (χ0n) is 10.5. The van der Waals surface area contributed by atoms with Gasteiger partial charge in [0.05, 0.1) is 11.6 Å². The molecule has 1 aliphatic heterocycles. The second kappa shape index (κ2) is 4.05. The molecule has 0 radical (unpaired) electrons. The zero-order chi connectivity index (χ0) is 12.8. The Kier molecular flexibility index (Phi) is 2.98. The molecule has 0 amide bonds. The smallest absolute Gasteiger partial charge is 0.173 e. The molecule has 0 saturated carbocycles. The summed E-state index contributed by atoms with van der Waals surface area (Å²) < 4.78 is 0.943.